The minimum atomic E-state index is -0.455. The molecule has 2 aromatic carbocycles. The van der Waals surface area contributed by atoms with Gasteiger partial charge in [-0.2, -0.15) is 0 Å². The summed E-state index contributed by atoms with van der Waals surface area (Å²) in [5.41, 5.74) is 2.45. The average Bonchev–Trinajstić information content (AvgIpc) is 2.61. The van der Waals surface area contributed by atoms with E-state index in [0.717, 1.165) is 11.1 Å². The number of rotatable bonds is 5. The van der Waals surface area contributed by atoms with Crippen LogP contribution in [-0.4, -0.2) is 34.5 Å². The first-order chi connectivity index (χ1) is 12.2. The number of aromatic hydroxyl groups is 2. The average molecular weight is 358 g/mol. The Bertz CT molecular complexity index is 668. The van der Waals surface area contributed by atoms with Gasteiger partial charge in [0, 0.05) is 11.0 Å². The van der Waals surface area contributed by atoms with Crippen LogP contribution in [0.2, 0.25) is 0 Å². The second-order valence-electron chi connectivity index (χ2n) is 6.36. The summed E-state index contributed by atoms with van der Waals surface area (Å²) in [6, 6.07) is 14.4. The van der Waals surface area contributed by atoms with Gasteiger partial charge in [-0.1, -0.05) is 44.7 Å². The molecule has 0 saturated carbocycles. The first kappa shape index (κ1) is 21.3. The van der Waals surface area contributed by atoms with E-state index in [4.69, 9.17) is 5.11 Å². The fraction of sp³-hybridized carbons (Fsp3) is 0.286. The van der Waals surface area contributed by atoms with Crippen molar-refractivity contribution in [2.45, 2.75) is 26.2 Å². The van der Waals surface area contributed by atoms with Crippen molar-refractivity contribution in [3.63, 3.8) is 0 Å². The van der Waals surface area contributed by atoms with E-state index in [-0.39, 0.29) is 30.1 Å². The number of aliphatic hydroxyl groups is 1. The zero-order valence-electron chi connectivity index (χ0n) is 15.4. The molecule has 0 bridgehead atoms. The minimum absolute atomic E-state index is 0.0473. The summed E-state index contributed by atoms with van der Waals surface area (Å²) < 4.78 is 4.46. The molecular weight excluding hydrogens is 332 g/mol. The number of esters is 1. The zero-order valence-corrected chi connectivity index (χ0v) is 15.4. The fourth-order valence-corrected chi connectivity index (χ4v) is 2.18. The van der Waals surface area contributed by atoms with Crippen molar-refractivity contribution >= 4 is 5.97 Å². The molecule has 0 heterocycles. The van der Waals surface area contributed by atoms with Crippen molar-refractivity contribution in [2.75, 3.05) is 13.2 Å². The van der Waals surface area contributed by atoms with Gasteiger partial charge < -0.3 is 20.1 Å². The van der Waals surface area contributed by atoms with Crippen LogP contribution >= 0.6 is 0 Å². The van der Waals surface area contributed by atoms with Gasteiger partial charge in [-0.25, -0.2) is 4.79 Å². The molecule has 0 saturated heterocycles. The molecule has 2 rings (SSSR count). The van der Waals surface area contributed by atoms with Crippen molar-refractivity contribution < 1.29 is 24.9 Å². The number of aliphatic hydroxyl groups excluding tert-OH is 1. The lowest BCUT2D eigenvalue weighted by molar-refractivity contribution is -0.139. The molecule has 0 aromatic heterocycles. The van der Waals surface area contributed by atoms with Crippen molar-refractivity contribution in [2.24, 2.45) is 0 Å². The molecule has 5 nitrogen and oxygen atoms in total. The minimum Gasteiger partial charge on any atom is -0.508 e. The molecule has 0 radical (unpaired) electrons. The maximum absolute atomic E-state index is 10.5. The molecular formula is C21H26O5. The van der Waals surface area contributed by atoms with Crippen molar-refractivity contribution in [1.82, 2.24) is 0 Å². The van der Waals surface area contributed by atoms with E-state index in [1.54, 1.807) is 31.2 Å². The number of phenolic OH excluding ortho intramolecular Hbond substituents is 2. The molecule has 0 amide bonds. The van der Waals surface area contributed by atoms with Crippen LogP contribution in [0.15, 0.2) is 60.7 Å². The molecule has 0 atom stereocenters. The van der Waals surface area contributed by atoms with E-state index in [1.165, 1.54) is 0 Å². The zero-order chi connectivity index (χ0) is 19.7. The van der Waals surface area contributed by atoms with E-state index in [0.29, 0.717) is 5.57 Å². The Kier molecular flexibility index (Phi) is 7.87. The van der Waals surface area contributed by atoms with Gasteiger partial charge in [0.15, 0.2) is 0 Å². The normalized spacial score (nSPS) is 10.5. The van der Waals surface area contributed by atoms with Gasteiger partial charge in [-0.15, -0.1) is 0 Å². The van der Waals surface area contributed by atoms with Gasteiger partial charge in [0.1, 0.15) is 18.1 Å². The van der Waals surface area contributed by atoms with Crippen LogP contribution < -0.4 is 0 Å². The summed E-state index contributed by atoms with van der Waals surface area (Å²) in [4.78, 5) is 10.5. The molecule has 140 valence electrons. The number of benzene rings is 2. The number of hydrogen-bond acceptors (Lipinski definition) is 5. The van der Waals surface area contributed by atoms with Crippen molar-refractivity contribution in [3.8, 4) is 11.5 Å². The predicted molar refractivity (Wildman–Crippen MR) is 101 cm³/mol. The summed E-state index contributed by atoms with van der Waals surface area (Å²) in [7, 11) is 0. The number of hydrogen-bond donors (Lipinski definition) is 3. The van der Waals surface area contributed by atoms with Gasteiger partial charge in [0.2, 0.25) is 0 Å². The van der Waals surface area contributed by atoms with Gasteiger partial charge in [-0.05, 0) is 42.3 Å². The van der Waals surface area contributed by atoms with Crippen molar-refractivity contribution in [1.29, 1.82) is 0 Å². The third kappa shape index (κ3) is 6.26. The highest BCUT2D eigenvalue weighted by atomic mass is 16.5. The number of carbonyl (C=O) groups is 1. The SMILES string of the molecule is C=C(C)C(=O)OCCO.CC(C)(c1ccc(O)cc1)c1ccc(O)cc1. The molecule has 0 aliphatic carbocycles. The van der Waals surface area contributed by atoms with Crippen LogP contribution in [0, 0.1) is 0 Å². The van der Waals surface area contributed by atoms with Crippen LogP contribution in [-0.2, 0) is 14.9 Å². The molecule has 0 aliphatic heterocycles. The quantitative estimate of drug-likeness (QED) is 0.562. The largest absolute Gasteiger partial charge is 0.508 e. The van der Waals surface area contributed by atoms with E-state index < -0.39 is 5.97 Å². The molecule has 26 heavy (non-hydrogen) atoms. The summed E-state index contributed by atoms with van der Waals surface area (Å²) in [6.45, 7) is 9.05. The Labute approximate surface area is 154 Å². The lowest BCUT2D eigenvalue weighted by atomic mass is 9.78. The van der Waals surface area contributed by atoms with Gasteiger partial charge in [0.25, 0.3) is 0 Å². The molecule has 0 spiro atoms. The second-order valence-corrected chi connectivity index (χ2v) is 6.36. The highest BCUT2D eigenvalue weighted by Crippen LogP contribution is 2.32. The highest BCUT2D eigenvalue weighted by molar-refractivity contribution is 5.86. The Morgan fingerprint density at radius 3 is 1.65 bits per heavy atom. The topological polar surface area (TPSA) is 87.0 Å². The van der Waals surface area contributed by atoms with E-state index in [2.05, 4.69) is 25.2 Å². The Hall–Kier alpha value is -2.79. The molecule has 3 N–H and O–H groups in total. The summed E-state index contributed by atoms with van der Waals surface area (Å²) in [5, 5.41) is 26.8. The summed E-state index contributed by atoms with van der Waals surface area (Å²) >= 11 is 0. The van der Waals surface area contributed by atoms with Crippen LogP contribution in [0.25, 0.3) is 0 Å². The Balaban J connectivity index is 0.000000321. The maximum atomic E-state index is 10.5. The number of ether oxygens (including phenoxy) is 1. The molecule has 2 aromatic rings. The summed E-state index contributed by atoms with van der Waals surface area (Å²) in [5.74, 6) is 0.0922. The first-order valence-electron chi connectivity index (χ1n) is 8.21. The van der Waals surface area contributed by atoms with Gasteiger partial charge in [-0.3, -0.25) is 0 Å². The molecule has 0 unspecified atom stereocenters. The Morgan fingerprint density at radius 1 is 0.962 bits per heavy atom. The smallest absolute Gasteiger partial charge is 0.333 e. The van der Waals surface area contributed by atoms with Crippen LogP contribution in [0.4, 0.5) is 0 Å². The second kappa shape index (κ2) is 9.63. The fourth-order valence-electron chi connectivity index (χ4n) is 2.18. The van der Waals surface area contributed by atoms with E-state index in [1.807, 2.05) is 24.3 Å². The maximum Gasteiger partial charge on any atom is 0.333 e. The molecule has 0 aliphatic rings. The summed E-state index contributed by atoms with van der Waals surface area (Å²) in [6.07, 6.45) is 0. The molecule has 5 heteroatoms. The standard InChI is InChI=1S/C15H16O2.C6H10O3/c1-15(2,11-3-7-13(16)8-4-11)12-5-9-14(17)10-6-12;1-5(2)6(8)9-4-3-7/h3-10,16-17H,1-2H3;7H,1,3-4H2,2H3. The van der Waals surface area contributed by atoms with Crippen molar-refractivity contribution in [3.05, 3.63) is 71.8 Å². The highest BCUT2D eigenvalue weighted by Gasteiger charge is 2.22. The molecule has 0 fully saturated rings. The van der Waals surface area contributed by atoms with Gasteiger partial charge in [0.05, 0.1) is 6.61 Å². The van der Waals surface area contributed by atoms with Crippen LogP contribution in [0.5, 0.6) is 11.5 Å². The lowest BCUT2D eigenvalue weighted by Crippen LogP contribution is -2.18. The third-order valence-electron chi connectivity index (χ3n) is 3.85. The number of carbonyl (C=O) groups excluding carboxylic acids is 1. The van der Waals surface area contributed by atoms with Crippen LogP contribution in [0.1, 0.15) is 31.9 Å². The number of phenols is 2. The first-order valence-corrected chi connectivity index (χ1v) is 8.21. The van der Waals surface area contributed by atoms with Crippen LogP contribution in [0.3, 0.4) is 0 Å². The van der Waals surface area contributed by atoms with Gasteiger partial charge >= 0.3 is 5.97 Å². The van der Waals surface area contributed by atoms with E-state index in [9.17, 15) is 15.0 Å². The Morgan fingerprint density at radius 2 is 1.35 bits per heavy atom. The predicted octanol–water partition coefficient (Wildman–Crippen LogP) is 3.52. The van der Waals surface area contributed by atoms with E-state index >= 15 is 0 Å². The monoisotopic (exact) mass is 358 g/mol. The lowest BCUT2D eigenvalue weighted by Gasteiger charge is -2.26. The third-order valence-corrected chi connectivity index (χ3v) is 3.85.